The molecule has 1 saturated heterocycles. The van der Waals surface area contributed by atoms with Crippen LogP contribution in [0.4, 0.5) is 4.79 Å². The topological polar surface area (TPSA) is 131 Å². The van der Waals surface area contributed by atoms with Crippen LogP contribution in [0.5, 0.6) is 0 Å². The van der Waals surface area contributed by atoms with Crippen LogP contribution < -0.4 is 10.6 Å². The van der Waals surface area contributed by atoms with Crippen molar-refractivity contribution in [2.24, 2.45) is 0 Å². The van der Waals surface area contributed by atoms with E-state index in [1.807, 2.05) is 36.4 Å². The van der Waals surface area contributed by atoms with Crippen molar-refractivity contribution in [3.63, 3.8) is 0 Å². The Kier molecular flexibility index (Phi) is 8.17. The van der Waals surface area contributed by atoms with Gasteiger partial charge >= 0.3 is 12.1 Å². The Morgan fingerprint density at radius 3 is 2.14 bits per heavy atom. The number of benzene rings is 2. The minimum Gasteiger partial charge on any atom is -0.449 e. The van der Waals surface area contributed by atoms with Crippen molar-refractivity contribution in [2.75, 3.05) is 13.2 Å². The highest BCUT2D eigenvalue weighted by Crippen LogP contribution is 2.44. The summed E-state index contributed by atoms with van der Waals surface area (Å²) in [6.45, 7) is 1.77. The van der Waals surface area contributed by atoms with E-state index in [1.54, 1.807) is 0 Å². The molecule has 0 saturated carbocycles. The number of unbranched alkanes of at least 4 members (excludes halogenated alkanes) is 1. The van der Waals surface area contributed by atoms with Crippen LogP contribution >= 0.6 is 0 Å². The monoisotopic (exact) mass is 507 g/mol. The minimum absolute atomic E-state index is 0.0154. The first-order chi connectivity index (χ1) is 17.8. The molecule has 0 aromatic heterocycles. The minimum atomic E-state index is -1.02. The predicted molar refractivity (Wildman–Crippen MR) is 132 cm³/mol. The molecule has 4 rings (SSSR count). The smallest absolute Gasteiger partial charge is 0.407 e. The first-order valence-corrected chi connectivity index (χ1v) is 12.3. The van der Waals surface area contributed by atoms with E-state index in [4.69, 9.17) is 9.57 Å². The van der Waals surface area contributed by atoms with Gasteiger partial charge in [0.1, 0.15) is 12.6 Å². The summed E-state index contributed by atoms with van der Waals surface area (Å²) in [4.78, 5) is 64.5. The molecule has 10 nitrogen and oxygen atoms in total. The number of carbonyl (C=O) groups excluding carboxylic acids is 5. The molecule has 1 heterocycles. The Labute approximate surface area is 214 Å². The van der Waals surface area contributed by atoms with Crippen LogP contribution in [0.2, 0.25) is 0 Å². The van der Waals surface area contributed by atoms with E-state index in [9.17, 15) is 24.0 Å². The number of hydrogen-bond donors (Lipinski definition) is 2. The van der Waals surface area contributed by atoms with Gasteiger partial charge in [0.2, 0.25) is 5.91 Å². The molecule has 2 N–H and O–H groups in total. The number of rotatable bonds is 10. The Hall–Kier alpha value is -4.21. The fourth-order valence-electron chi connectivity index (χ4n) is 4.62. The quantitative estimate of drug-likeness (QED) is 0.373. The van der Waals surface area contributed by atoms with Crippen molar-refractivity contribution in [1.29, 1.82) is 0 Å². The van der Waals surface area contributed by atoms with Crippen LogP contribution in [-0.4, -0.2) is 54.0 Å². The van der Waals surface area contributed by atoms with Gasteiger partial charge in [0.25, 0.3) is 11.8 Å². The lowest BCUT2D eigenvalue weighted by Crippen LogP contribution is -2.44. The molecule has 1 aliphatic heterocycles. The summed E-state index contributed by atoms with van der Waals surface area (Å²) in [6.07, 6.45) is 0.615. The molecule has 2 aromatic carbocycles. The summed E-state index contributed by atoms with van der Waals surface area (Å²) in [7, 11) is 0. The number of amides is 4. The lowest BCUT2D eigenvalue weighted by atomic mass is 9.98. The van der Waals surface area contributed by atoms with Crippen molar-refractivity contribution in [1.82, 2.24) is 15.7 Å². The van der Waals surface area contributed by atoms with Gasteiger partial charge in [0, 0.05) is 32.2 Å². The maximum atomic E-state index is 12.4. The van der Waals surface area contributed by atoms with E-state index in [1.165, 1.54) is 6.92 Å². The SMILES string of the molecule is CC(=O)N[C@@H](CCCCNC(=O)OCC1c2ccccc2-c2ccccc21)C(=O)ON1C(=O)CCC1=O. The van der Waals surface area contributed by atoms with Crippen LogP contribution in [0.15, 0.2) is 48.5 Å². The summed E-state index contributed by atoms with van der Waals surface area (Å²) >= 11 is 0. The molecule has 1 atom stereocenters. The molecule has 1 aliphatic carbocycles. The number of nitrogens with one attached hydrogen (secondary N) is 2. The second-order valence-electron chi connectivity index (χ2n) is 8.99. The number of carbonyl (C=O) groups is 5. The average molecular weight is 508 g/mol. The Balaban J connectivity index is 1.20. The van der Waals surface area contributed by atoms with Gasteiger partial charge in [-0.3, -0.25) is 14.4 Å². The molecule has 2 aliphatic rings. The molecule has 37 heavy (non-hydrogen) atoms. The Bertz CT molecular complexity index is 1150. The molecular weight excluding hydrogens is 478 g/mol. The number of fused-ring (bicyclic) bond motifs is 3. The summed E-state index contributed by atoms with van der Waals surface area (Å²) in [5.74, 6) is -2.54. The maximum absolute atomic E-state index is 12.4. The van der Waals surface area contributed by atoms with Crippen molar-refractivity contribution in [2.45, 2.75) is 51.0 Å². The lowest BCUT2D eigenvalue weighted by Gasteiger charge is -2.19. The normalized spacial score (nSPS) is 15.1. The zero-order valence-corrected chi connectivity index (χ0v) is 20.5. The van der Waals surface area contributed by atoms with Crippen LogP contribution in [0.3, 0.4) is 0 Å². The van der Waals surface area contributed by atoms with Gasteiger partial charge in [-0.2, -0.15) is 0 Å². The van der Waals surface area contributed by atoms with E-state index in [0.717, 1.165) is 22.3 Å². The third-order valence-corrected chi connectivity index (χ3v) is 6.38. The molecule has 194 valence electrons. The summed E-state index contributed by atoms with van der Waals surface area (Å²) in [5.41, 5.74) is 4.56. The van der Waals surface area contributed by atoms with E-state index >= 15 is 0 Å². The van der Waals surface area contributed by atoms with Crippen LogP contribution in [0.25, 0.3) is 11.1 Å². The van der Waals surface area contributed by atoms with Gasteiger partial charge in [-0.05, 0) is 41.5 Å². The molecule has 0 bridgehead atoms. The number of nitrogens with zero attached hydrogens (tertiary/aromatic N) is 1. The van der Waals surface area contributed by atoms with E-state index in [0.29, 0.717) is 24.4 Å². The van der Waals surface area contributed by atoms with Gasteiger partial charge in [-0.25, -0.2) is 9.59 Å². The zero-order valence-electron chi connectivity index (χ0n) is 20.5. The number of hydrogen-bond acceptors (Lipinski definition) is 7. The molecule has 0 radical (unpaired) electrons. The first-order valence-electron chi connectivity index (χ1n) is 12.3. The Morgan fingerprint density at radius 1 is 0.946 bits per heavy atom. The van der Waals surface area contributed by atoms with Gasteiger partial charge in [0.05, 0.1) is 0 Å². The number of alkyl carbamates (subject to hydrolysis) is 1. The zero-order chi connectivity index (χ0) is 26.4. The van der Waals surface area contributed by atoms with E-state index < -0.39 is 35.8 Å². The van der Waals surface area contributed by atoms with E-state index in [2.05, 4.69) is 22.8 Å². The van der Waals surface area contributed by atoms with Crippen LogP contribution in [0.1, 0.15) is 56.1 Å². The second kappa shape index (κ2) is 11.7. The van der Waals surface area contributed by atoms with Crippen LogP contribution in [0, 0.1) is 0 Å². The third kappa shape index (κ3) is 6.14. The van der Waals surface area contributed by atoms with E-state index in [-0.39, 0.29) is 31.8 Å². The largest absolute Gasteiger partial charge is 0.449 e. The molecule has 2 aromatic rings. The van der Waals surface area contributed by atoms with Crippen molar-refractivity contribution in [3.05, 3.63) is 59.7 Å². The lowest BCUT2D eigenvalue weighted by molar-refractivity contribution is -0.199. The highest BCUT2D eigenvalue weighted by Gasteiger charge is 2.35. The summed E-state index contributed by atoms with van der Waals surface area (Å²) in [5, 5.41) is 5.64. The van der Waals surface area contributed by atoms with Gasteiger partial charge in [-0.1, -0.05) is 48.5 Å². The molecule has 0 spiro atoms. The summed E-state index contributed by atoms with van der Waals surface area (Å²) in [6, 6.07) is 15.2. The maximum Gasteiger partial charge on any atom is 0.407 e. The fraction of sp³-hybridized carbons (Fsp3) is 0.370. The Morgan fingerprint density at radius 2 is 1.54 bits per heavy atom. The molecular formula is C27H29N3O7. The highest BCUT2D eigenvalue weighted by atomic mass is 16.7. The fourth-order valence-corrected chi connectivity index (χ4v) is 4.62. The molecule has 4 amide bonds. The molecule has 1 fully saturated rings. The van der Waals surface area contributed by atoms with Crippen molar-refractivity contribution in [3.8, 4) is 11.1 Å². The average Bonchev–Trinajstić information content (AvgIpc) is 3.38. The molecule has 0 unspecified atom stereocenters. The third-order valence-electron chi connectivity index (χ3n) is 6.38. The summed E-state index contributed by atoms with van der Waals surface area (Å²) < 4.78 is 5.50. The highest BCUT2D eigenvalue weighted by molar-refractivity contribution is 6.01. The number of imide groups is 1. The predicted octanol–water partition coefficient (Wildman–Crippen LogP) is 2.81. The second-order valence-corrected chi connectivity index (χ2v) is 8.99. The van der Waals surface area contributed by atoms with Crippen molar-refractivity contribution >= 4 is 29.8 Å². The number of ether oxygens (including phenoxy) is 1. The first kappa shape index (κ1) is 25.9. The molecule has 10 heteroatoms. The number of hydroxylamine groups is 2. The van der Waals surface area contributed by atoms with Gasteiger partial charge < -0.3 is 20.2 Å². The van der Waals surface area contributed by atoms with Crippen molar-refractivity contribution < 1.29 is 33.5 Å². The standard InChI is InChI=1S/C27H29N3O7/c1-17(31)29-23(26(34)37-30-24(32)13-14-25(30)33)12-6-7-15-28-27(35)36-16-22-20-10-4-2-8-18(20)19-9-3-5-11-21(19)22/h2-5,8-11,22-23H,6-7,12-16H2,1H3,(H,28,35)(H,29,31)/t23-/m0/s1. The van der Waals surface area contributed by atoms with Gasteiger partial charge in [-0.15, -0.1) is 5.06 Å². The van der Waals surface area contributed by atoms with Crippen LogP contribution in [-0.2, 0) is 28.8 Å². The van der Waals surface area contributed by atoms with Gasteiger partial charge in [0.15, 0.2) is 0 Å².